The molecule has 0 aliphatic rings. The van der Waals surface area contributed by atoms with Crippen LogP contribution in [-0.2, 0) is 18.4 Å². The van der Waals surface area contributed by atoms with Crippen LogP contribution >= 0.6 is 0 Å². The van der Waals surface area contributed by atoms with Gasteiger partial charge in [0.1, 0.15) is 11.6 Å². The zero-order valence-electron chi connectivity index (χ0n) is 11.6. The number of nitrogens with zero attached hydrogens (tertiary/aromatic N) is 4. The van der Waals surface area contributed by atoms with Crippen molar-refractivity contribution in [2.24, 2.45) is 0 Å². The van der Waals surface area contributed by atoms with E-state index in [4.69, 9.17) is 0 Å². The molecule has 2 aromatic heterocycles. The van der Waals surface area contributed by atoms with E-state index < -0.39 is 0 Å². The van der Waals surface area contributed by atoms with Crippen LogP contribution in [0.25, 0.3) is 0 Å². The maximum atomic E-state index is 4.52. The summed E-state index contributed by atoms with van der Waals surface area (Å²) in [7, 11) is 0. The Morgan fingerprint density at radius 1 is 1.28 bits per heavy atom. The van der Waals surface area contributed by atoms with Gasteiger partial charge in [-0.3, -0.25) is 5.10 Å². The van der Waals surface area contributed by atoms with Crippen molar-refractivity contribution in [2.75, 3.05) is 0 Å². The summed E-state index contributed by atoms with van der Waals surface area (Å²) < 4.78 is 2.04. The van der Waals surface area contributed by atoms with Crippen molar-refractivity contribution in [3.63, 3.8) is 0 Å². The lowest BCUT2D eigenvalue weighted by molar-refractivity contribution is 0.339. The van der Waals surface area contributed by atoms with Crippen LogP contribution in [0.2, 0.25) is 0 Å². The normalized spacial score (nSPS) is 12.0. The lowest BCUT2D eigenvalue weighted by Gasteiger charge is -2.21. The Labute approximate surface area is 108 Å². The van der Waals surface area contributed by atoms with Crippen LogP contribution in [0, 0.1) is 6.92 Å². The molecule has 0 saturated heterocycles. The van der Waals surface area contributed by atoms with Crippen molar-refractivity contribution < 1.29 is 0 Å². The summed E-state index contributed by atoms with van der Waals surface area (Å²) in [6.45, 7) is 8.41. The standard InChI is InChI=1S/C13H21N5/c1-10-16-12(18(17-10)13(2,3)4)7-5-6-11-8-14-15-9-11/h8-9H,5-7H2,1-4H3,(H,14,15). The second-order valence-corrected chi connectivity index (χ2v) is 5.62. The summed E-state index contributed by atoms with van der Waals surface area (Å²) in [5.74, 6) is 1.92. The van der Waals surface area contributed by atoms with E-state index in [2.05, 4.69) is 41.1 Å². The molecule has 0 saturated carbocycles. The highest BCUT2D eigenvalue weighted by Gasteiger charge is 2.19. The molecule has 0 unspecified atom stereocenters. The highest BCUT2D eigenvalue weighted by atomic mass is 15.4. The zero-order chi connectivity index (χ0) is 13.2. The first-order valence-corrected chi connectivity index (χ1v) is 6.37. The molecular formula is C13H21N5. The minimum absolute atomic E-state index is 0.00770. The van der Waals surface area contributed by atoms with Crippen molar-refractivity contribution in [3.8, 4) is 0 Å². The fourth-order valence-electron chi connectivity index (χ4n) is 2.02. The SMILES string of the molecule is Cc1nc(CCCc2cn[nH]c2)n(C(C)(C)C)n1. The topological polar surface area (TPSA) is 59.4 Å². The largest absolute Gasteiger partial charge is 0.285 e. The van der Waals surface area contributed by atoms with Crippen LogP contribution in [0.4, 0.5) is 0 Å². The van der Waals surface area contributed by atoms with Gasteiger partial charge < -0.3 is 0 Å². The first-order valence-electron chi connectivity index (χ1n) is 6.37. The van der Waals surface area contributed by atoms with E-state index in [0.717, 1.165) is 30.9 Å². The van der Waals surface area contributed by atoms with Gasteiger partial charge in [0.15, 0.2) is 0 Å². The van der Waals surface area contributed by atoms with Gasteiger partial charge in [-0.2, -0.15) is 10.2 Å². The molecular weight excluding hydrogens is 226 g/mol. The molecule has 2 aromatic rings. The smallest absolute Gasteiger partial charge is 0.147 e. The fourth-order valence-corrected chi connectivity index (χ4v) is 2.02. The summed E-state index contributed by atoms with van der Waals surface area (Å²) in [4.78, 5) is 4.52. The summed E-state index contributed by atoms with van der Waals surface area (Å²) in [6.07, 6.45) is 6.85. The number of aromatic amines is 1. The minimum atomic E-state index is -0.00770. The molecule has 0 amide bonds. The van der Waals surface area contributed by atoms with Gasteiger partial charge in [0.05, 0.1) is 11.7 Å². The number of hydrogen-bond acceptors (Lipinski definition) is 3. The number of rotatable bonds is 4. The van der Waals surface area contributed by atoms with Crippen LogP contribution in [-0.4, -0.2) is 25.0 Å². The highest BCUT2D eigenvalue weighted by Crippen LogP contribution is 2.16. The van der Waals surface area contributed by atoms with Crippen molar-refractivity contribution in [2.45, 2.75) is 52.5 Å². The Bertz CT molecular complexity index is 490. The van der Waals surface area contributed by atoms with Crippen LogP contribution in [0.1, 0.15) is 44.4 Å². The Hall–Kier alpha value is -1.65. The summed E-state index contributed by atoms with van der Waals surface area (Å²) in [5, 5.41) is 11.3. The first kappa shape index (κ1) is 12.8. The van der Waals surface area contributed by atoms with Crippen LogP contribution < -0.4 is 0 Å². The van der Waals surface area contributed by atoms with E-state index in [1.54, 1.807) is 0 Å². The van der Waals surface area contributed by atoms with Crippen molar-refractivity contribution in [1.82, 2.24) is 25.0 Å². The van der Waals surface area contributed by atoms with Crippen molar-refractivity contribution in [1.29, 1.82) is 0 Å². The van der Waals surface area contributed by atoms with Gasteiger partial charge in [0.2, 0.25) is 0 Å². The number of aryl methyl sites for hydroxylation is 3. The second-order valence-electron chi connectivity index (χ2n) is 5.62. The minimum Gasteiger partial charge on any atom is -0.285 e. The number of hydrogen-bond donors (Lipinski definition) is 1. The Morgan fingerprint density at radius 3 is 2.67 bits per heavy atom. The molecule has 0 spiro atoms. The molecule has 0 radical (unpaired) electrons. The monoisotopic (exact) mass is 247 g/mol. The molecule has 5 nitrogen and oxygen atoms in total. The van der Waals surface area contributed by atoms with Crippen LogP contribution in [0.5, 0.6) is 0 Å². The van der Waals surface area contributed by atoms with E-state index in [1.807, 2.05) is 24.0 Å². The number of H-pyrrole nitrogens is 1. The predicted molar refractivity (Wildman–Crippen MR) is 70.4 cm³/mol. The first-order chi connectivity index (χ1) is 8.47. The summed E-state index contributed by atoms with van der Waals surface area (Å²) in [5.41, 5.74) is 1.24. The Kier molecular flexibility index (Phi) is 3.50. The van der Waals surface area contributed by atoms with E-state index in [1.165, 1.54) is 5.56 Å². The van der Waals surface area contributed by atoms with Gasteiger partial charge in [0.25, 0.3) is 0 Å². The molecule has 2 heterocycles. The molecule has 2 rings (SSSR count). The molecule has 0 aromatic carbocycles. The highest BCUT2D eigenvalue weighted by molar-refractivity contribution is 5.03. The summed E-state index contributed by atoms with van der Waals surface area (Å²) >= 11 is 0. The second kappa shape index (κ2) is 4.92. The molecule has 0 bridgehead atoms. The average molecular weight is 247 g/mol. The molecule has 18 heavy (non-hydrogen) atoms. The van der Waals surface area contributed by atoms with E-state index in [-0.39, 0.29) is 5.54 Å². The van der Waals surface area contributed by atoms with Gasteiger partial charge in [-0.25, -0.2) is 9.67 Å². The Balaban J connectivity index is 2.01. The van der Waals surface area contributed by atoms with Crippen molar-refractivity contribution in [3.05, 3.63) is 29.6 Å². The lowest BCUT2D eigenvalue weighted by Crippen LogP contribution is -2.25. The van der Waals surface area contributed by atoms with Gasteiger partial charge in [-0.05, 0) is 46.1 Å². The van der Waals surface area contributed by atoms with Gasteiger partial charge in [-0.1, -0.05) is 0 Å². The average Bonchev–Trinajstić information content (AvgIpc) is 2.87. The third kappa shape index (κ3) is 2.97. The Morgan fingerprint density at radius 2 is 2.06 bits per heavy atom. The molecule has 0 fully saturated rings. The van der Waals surface area contributed by atoms with Gasteiger partial charge in [-0.15, -0.1) is 0 Å². The molecule has 0 aliphatic carbocycles. The number of nitrogens with one attached hydrogen (secondary N) is 1. The van der Waals surface area contributed by atoms with Crippen LogP contribution in [0.3, 0.4) is 0 Å². The summed E-state index contributed by atoms with van der Waals surface area (Å²) in [6, 6.07) is 0. The predicted octanol–water partition coefficient (Wildman–Crippen LogP) is 2.24. The van der Waals surface area contributed by atoms with Crippen molar-refractivity contribution >= 4 is 0 Å². The fraction of sp³-hybridized carbons (Fsp3) is 0.615. The van der Waals surface area contributed by atoms with E-state index >= 15 is 0 Å². The quantitative estimate of drug-likeness (QED) is 0.901. The van der Waals surface area contributed by atoms with Crippen LogP contribution in [0.15, 0.2) is 12.4 Å². The molecule has 0 aliphatic heterocycles. The van der Waals surface area contributed by atoms with Gasteiger partial charge in [0, 0.05) is 12.6 Å². The van der Waals surface area contributed by atoms with E-state index in [9.17, 15) is 0 Å². The number of aromatic nitrogens is 5. The molecule has 98 valence electrons. The third-order valence-electron chi connectivity index (χ3n) is 2.84. The zero-order valence-corrected chi connectivity index (χ0v) is 11.6. The third-order valence-corrected chi connectivity index (χ3v) is 2.84. The molecule has 1 N–H and O–H groups in total. The maximum absolute atomic E-state index is 4.52. The van der Waals surface area contributed by atoms with Gasteiger partial charge >= 0.3 is 0 Å². The molecule has 0 atom stereocenters. The van der Waals surface area contributed by atoms with E-state index in [0.29, 0.717) is 0 Å². The molecule has 5 heteroatoms. The maximum Gasteiger partial charge on any atom is 0.147 e. The lowest BCUT2D eigenvalue weighted by atomic mass is 10.1.